The van der Waals surface area contributed by atoms with Gasteiger partial charge in [0.05, 0.1) is 17.3 Å². The summed E-state index contributed by atoms with van der Waals surface area (Å²) in [5, 5.41) is 7.24. The van der Waals surface area contributed by atoms with Gasteiger partial charge in [-0.3, -0.25) is 14.4 Å². The molecule has 7 nitrogen and oxygen atoms in total. The van der Waals surface area contributed by atoms with E-state index in [0.717, 1.165) is 24.9 Å². The molecule has 1 amide bonds. The lowest BCUT2D eigenvalue weighted by Crippen LogP contribution is -2.36. The third-order valence-corrected chi connectivity index (χ3v) is 5.00. The summed E-state index contributed by atoms with van der Waals surface area (Å²) in [6, 6.07) is 1.93. The van der Waals surface area contributed by atoms with Crippen LogP contribution >= 0.6 is 0 Å². The number of nitrogens with zero attached hydrogens (tertiary/aromatic N) is 5. The number of aromatic nitrogens is 4. The summed E-state index contributed by atoms with van der Waals surface area (Å²) in [6.45, 7) is 6.27. The molecule has 0 radical (unpaired) electrons. The molecule has 1 atom stereocenters. The van der Waals surface area contributed by atoms with Crippen molar-refractivity contribution >= 4 is 23.4 Å². The molecular formula is C17H24N6O. The van der Waals surface area contributed by atoms with E-state index in [2.05, 4.69) is 41.2 Å². The Bertz CT molecular complexity index is 736. The molecule has 0 spiro atoms. The van der Waals surface area contributed by atoms with Crippen LogP contribution in [0.1, 0.15) is 40.0 Å². The highest BCUT2D eigenvalue weighted by Gasteiger charge is 2.48. The Labute approximate surface area is 142 Å². The summed E-state index contributed by atoms with van der Waals surface area (Å²) in [7, 11) is 1.85. The maximum absolute atomic E-state index is 13.0. The predicted molar refractivity (Wildman–Crippen MR) is 93.1 cm³/mol. The summed E-state index contributed by atoms with van der Waals surface area (Å²) < 4.78 is 1.70. The van der Waals surface area contributed by atoms with Gasteiger partial charge in [0.25, 0.3) is 0 Å². The van der Waals surface area contributed by atoms with Gasteiger partial charge in [-0.2, -0.15) is 10.1 Å². The fraction of sp³-hybridized carbons (Fsp3) is 0.529. The average Bonchev–Trinajstić information content (AvgIpc) is 3.08. The minimum Gasteiger partial charge on any atom is -0.321 e. The van der Waals surface area contributed by atoms with E-state index >= 15 is 0 Å². The normalized spacial score (nSPS) is 19.8. The lowest BCUT2D eigenvalue weighted by Gasteiger charge is -2.25. The topological polar surface area (TPSA) is 75.9 Å². The zero-order chi connectivity index (χ0) is 17.3. The van der Waals surface area contributed by atoms with E-state index in [1.165, 1.54) is 0 Å². The second kappa shape index (κ2) is 6.22. The fourth-order valence-corrected chi connectivity index (χ4v) is 3.53. The molecule has 0 saturated carbocycles. The van der Waals surface area contributed by atoms with Gasteiger partial charge >= 0.3 is 0 Å². The molecule has 1 N–H and O–H groups in total. The Hall–Kier alpha value is -2.44. The predicted octanol–water partition coefficient (Wildman–Crippen LogP) is 2.89. The summed E-state index contributed by atoms with van der Waals surface area (Å²) in [5.74, 6) is 1.29. The molecule has 0 aliphatic carbocycles. The van der Waals surface area contributed by atoms with Gasteiger partial charge in [-0.15, -0.1) is 0 Å². The SMILES string of the molecule is CCC1(CC)CC(C)N(c2ccnc(Nc3cnn(C)c3)n2)C1=O. The Morgan fingerprint density at radius 2 is 2.12 bits per heavy atom. The third-order valence-electron chi connectivity index (χ3n) is 5.00. The highest BCUT2D eigenvalue weighted by molar-refractivity contribution is 5.99. The van der Waals surface area contributed by atoms with E-state index in [1.807, 2.05) is 18.1 Å². The quantitative estimate of drug-likeness (QED) is 0.913. The molecule has 0 bridgehead atoms. The second-order valence-electron chi connectivity index (χ2n) is 6.48. The summed E-state index contributed by atoms with van der Waals surface area (Å²) in [6.07, 6.45) is 7.81. The molecule has 24 heavy (non-hydrogen) atoms. The third kappa shape index (κ3) is 2.74. The second-order valence-corrected chi connectivity index (χ2v) is 6.48. The molecule has 1 aliphatic rings. The molecule has 0 aromatic carbocycles. The van der Waals surface area contributed by atoms with Crippen molar-refractivity contribution in [2.45, 2.75) is 46.1 Å². The van der Waals surface area contributed by atoms with Crippen LogP contribution in [0.25, 0.3) is 0 Å². The molecule has 1 aliphatic heterocycles. The highest BCUT2D eigenvalue weighted by Crippen LogP contribution is 2.43. The number of hydrogen-bond acceptors (Lipinski definition) is 5. The molecule has 1 unspecified atom stereocenters. The molecule has 2 aromatic rings. The van der Waals surface area contributed by atoms with Crippen LogP contribution in [0.4, 0.5) is 17.5 Å². The maximum atomic E-state index is 13.0. The zero-order valence-corrected chi connectivity index (χ0v) is 14.7. The van der Waals surface area contributed by atoms with Crippen molar-refractivity contribution in [3.8, 4) is 0 Å². The van der Waals surface area contributed by atoms with E-state index in [4.69, 9.17) is 0 Å². The van der Waals surface area contributed by atoms with E-state index in [9.17, 15) is 4.79 Å². The number of carbonyl (C=O) groups is 1. The van der Waals surface area contributed by atoms with Gasteiger partial charge in [0.2, 0.25) is 11.9 Å². The lowest BCUT2D eigenvalue weighted by molar-refractivity contribution is -0.125. The lowest BCUT2D eigenvalue weighted by atomic mass is 9.80. The zero-order valence-electron chi connectivity index (χ0n) is 14.7. The highest BCUT2D eigenvalue weighted by atomic mass is 16.2. The van der Waals surface area contributed by atoms with Gasteiger partial charge in [0.1, 0.15) is 5.82 Å². The molecule has 1 saturated heterocycles. The van der Waals surface area contributed by atoms with Crippen LogP contribution in [0.5, 0.6) is 0 Å². The van der Waals surface area contributed by atoms with Crippen molar-refractivity contribution in [3.05, 3.63) is 24.7 Å². The molecular weight excluding hydrogens is 304 g/mol. The standard InChI is InChI=1S/C17H24N6O/c1-5-17(6-2)9-12(3)23(15(17)24)14-7-8-18-16(21-14)20-13-10-19-22(4)11-13/h7-8,10-12H,5-6,9H2,1-4H3,(H,18,20,21). The Morgan fingerprint density at radius 3 is 2.71 bits per heavy atom. The van der Waals surface area contributed by atoms with Crippen LogP contribution in [-0.2, 0) is 11.8 Å². The number of carbonyl (C=O) groups excluding carboxylic acids is 1. The first-order valence-electron chi connectivity index (χ1n) is 8.41. The summed E-state index contributed by atoms with van der Waals surface area (Å²) in [5.41, 5.74) is 0.549. The van der Waals surface area contributed by atoms with Gasteiger partial charge in [0.15, 0.2) is 0 Å². The molecule has 128 valence electrons. The monoisotopic (exact) mass is 328 g/mol. The number of rotatable bonds is 5. The van der Waals surface area contributed by atoms with Gasteiger partial charge in [0, 0.05) is 25.5 Å². The van der Waals surface area contributed by atoms with Crippen molar-refractivity contribution in [1.29, 1.82) is 0 Å². The number of anilines is 3. The van der Waals surface area contributed by atoms with E-state index in [1.54, 1.807) is 23.1 Å². The first kappa shape index (κ1) is 16.4. The minimum absolute atomic E-state index is 0.138. The summed E-state index contributed by atoms with van der Waals surface area (Å²) >= 11 is 0. The van der Waals surface area contributed by atoms with E-state index in [-0.39, 0.29) is 17.4 Å². The van der Waals surface area contributed by atoms with E-state index in [0.29, 0.717) is 11.8 Å². The first-order valence-corrected chi connectivity index (χ1v) is 8.41. The number of hydrogen-bond donors (Lipinski definition) is 1. The largest absolute Gasteiger partial charge is 0.321 e. The van der Waals surface area contributed by atoms with Gasteiger partial charge < -0.3 is 5.32 Å². The van der Waals surface area contributed by atoms with Gasteiger partial charge in [-0.25, -0.2) is 4.98 Å². The van der Waals surface area contributed by atoms with Crippen molar-refractivity contribution in [1.82, 2.24) is 19.7 Å². The van der Waals surface area contributed by atoms with Crippen molar-refractivity contribution in [3.63, 3.8) is 0 Å². The van der Waals surface area contributed by atoms with Crippen LogP contribution in [0, 0.1) is 5.41 Å². The van der Waals surface area contributed by atoms with Crippen LogP contribution < -0.4 is 10.2 Å². The van der Waals surface area contributed by atoms with Gasteiger partial charge in [-0.1, -0.05) is 13.8 Å². The van der Waals surface area contributed by atoms with Crippen LogP contribution in [0.3, 0.4) is 0 Å². The molecule has 1 fully saturated rings. The molecule has 2 aromatic heterocycles. The minimum atomic E-state index is -0.263. The first-order chi connectivity index (χ1) is 11.5. The number of nitrogens with one attached hydrogen (secondary N) is 1. The molecule has 3 heterocycles. The van der Waals surface area contributed by atoms with Gasteiger partial charge in [-0.05, 0) is 32.3 Å². The summed E-state index contributed by atoms with van der Waals surface area (Å²) in [4.78, 5) is 23.6. The molecule has 7 heteroatoms. The van der Waals surface area contributed by atoms with Crippen molar-refractivity contribution in [2.24, 2.45) is 12.5 Å². The van der Waals surface area contributed by atoms with Crippen molar-refractivity contribution < 1.29 is 4.79 Å². The van der Waals surface area contributed by atoms with Crippen LogP contribution in [0.15, 0.2) is 24.7 Å². The smallest absolute Gasteiger partial charge is 0.234 e. The number of amides is 1. The fourth-order valence-electron chi connectivity index (χ4n) is 3.53. The maximum Gasteiger partial charge on any atom is 0.234 e. The Morgan fingerprint density at radius 1 is 1.38 bits per heavy atom. The van der Waals surface area contributed by atoms with Crippen molar-refractivity contribution in [2.75, 3.05) is 10.2 Å². The number of aryl methyl sites for hydroxylation is 1. The average molecular weight is 328 g/mol. The van der Waals surface area contributed by atoms with Crippen LogP contribution in [0.2, 0.25) is 0 Å². The van der Waals surface area contributed by atoms with Crippen LogP contribution in [-0.4, -0.2) is 31.7 Å². The Kier molecular flexibility index (Phi) is 4.26. The Balaban J connectivity index is 1.87. The van der Waals surface area contributed by atoms with E-state index < -0.39 is 0 Å². The molecule has 3 rings (SSSR count).